The molecule has 1 fully saturated rings. The van der Waals surface area contributed by atoms with E-state index in [0.717, 1.165) is 6.61 Å². The molecule has 0 radical (unpaired) electrons. The maximum Gasteiger partial charge on any atom is 0.106 e. The van der Waals surface area contributed by atoms with Gasteiger partial charge in [0.2, 0.25) is 0 Å². The summed E-state index contributed by atoms with van der Waals surface area (Å²) in [6, 6.07) is 20.9. The van der Waals surface area contributed by atoms with Crippen molar-refractivity contribution >= 4 is 10.9 Å². The van der Waals surface area contributed by atoms with Crippen LogP contribution in [0.3, 0.4) is 0 Å². The maximum atomic E-state index is 5.73. The number of benzene rings is 2. The standard InChI is InChI=1S/C17H14NO.C2H6.W/c1-2-7-15(8-3-1)17(13-19-17)12-18-11-10-14-6-4-5-9-16(14)18;1-2;/h1-12H,13H2;1-2H3;/q-1;;. The quantitative estimate of drug-likeness (QED) is 0.411. The third-order valence-electron chi connectivity index (χ3n) is 3.70. The van der Waals surface area contributed by atoms with Gasteiger partial charge in [0, 0.05) is 21.1 Å². The van der Waals surface area contributed by atoms with Crippen LogP contribution in [-0.2, 0) is 31.4 Å². The zero-order valence-corrected chi connectivity index (χ0v) is 15.8. The SMILES string of the molecule is CC.[W].c1ccc(C2([CH-]n3ccc4ccccc43)CO2)cc1. The van der Waals surface area contributed by atoms with Gasteiger partial charge in [-0.3, -0.25) is 0 Å². The Bertz CT molecular complexity index is 716. The topological polar surface area (TPSA) is 17.5 Å². The van der Waals surface area contributed by atoms with E-state index in [1.807, 2.05) is 19.9 Å². The van der Waals surface area contributed by atoms with Gasteiger partial charge in [-0.2, -0.15) is 0 Å². The van der Waals surface area contributed by atoms with Crippen LogP contribution in [0.1, 0.15) is 19.4 Å². The number of hydrogen-bond acceptors (Lipinski definition) is 1. The summed E-state index contributed by atoms with van der Waals surface area (Å²) >= 11 is 0. The fourth-order valence-corrected chi connectivity index (χ4v) is 2.56. The number of hydrogen-bond donors (Lipinski definition) is 0. The summed E-state index contributed by atoms with van der Waals surface area (Å²) in [5, 5.41) is 1.25. The molecule has 0 bridgehead atoms. The Morgan fingerprint density at radius 2 is 1.59 bits per heavy atom. The van der Waals surface area contributed by atoms with Crippen LogP contribution >= 0.6 is 0 Å². The van der Waals surface area contributed by atoms with Crippen LogP contribution in [0.15, 0.2) is 66.9 Å². The molecule has 1 aliphatic rings. The number of fused-ring (bicyclic) bond motifs is 1. The minimum atomic E-state index is -0.247. The van der Waals surface area contributed by atoms with Gasteiger partial charge in [-0.1, -0.05) is 85.9 Å². The molecule has 1 aromatic heterocycles. The van der Waals surface area contributed by atoms with E-state index in [1.54, 1.807) is 0 Å². The minimum absolute atomic E-state index is 0. The largest absolute Gasteiger partial charge is 0.482 e. The monoisotopic (exact) mass is 462 g/mol. The molecule has 0 amide bonds. The van der Waals surface area contributed by atoms with Crippen molar-refractivity contribution in [3.63, 3.8) is 0 Å². The fraction of sp³-hybridized carbons (Fsp3) is 0.211. The molecule has 1 saturated heterocycles. The molecule has 0 saturated carbocycles. The first-order chi connectivity index (χ1) is 10.4. The summed E-state index contributed by atoms with van der Waals surface area (Å²) in [6.45, 7) is 6.92. The molecule has 0 spiro atoms. The van der Waals surface area contributed by atoms with Crippen molar-refractivity contribution in [3.8, 4) is 0 Å². The van der Waals surface area contributed by atoms with Gasteiger partial charge in [0.15, 0.2) is 0 Å². The van der Waals surface area contributed by atoms with Crippen molar-refractivity contribution in [2.75, 3.05) is 6.61 Å². The summed E-state index contributed by atoms with van der Waals surface area (Å²) < 4.78 is 7.89. The molecule has 3 aromatic rings. The van der Waals surface area contributed by atoms with Crippen molar-refractivity contribution in [2.45, 2.75) is 19.4 Å². The smallest absolute Gasteiger partial charge is 0.106 e. The van der Waals surface area contributed by atoms with Gasteiger partial charge >= 0.3 is 0 Å². The zero-order chi connectivity index (χ0) is 14.7. The van der Waals surface area contributed by atoms with E-state index in [9.17, 15) is 0 Å². The molecule has 3 heteroatoms. The summed E-state index contributed by atoms with van der Waals surface area (Å²) in [5.41, 5.74) is 2.18. The fourth-order valence-electron chi connectivity index (χ4n) is 2.56. The number of epoxide rings is 1. The van der Waals surface area contributed by atoms with Crippen LogP contribution in [0, 0.1) is 6.54 Å². The van der Waals surface area contributed by atoms with Gasteiger partial charge < -0.3 is 9.30 Å². The predicted octanol–water partition coefficient (Wildman–Crippen LogP) is 4.60. The Hall–Kier alpha value is -1.50. The number of ether oxygens (including phenoxy) is 1. The van der Waals surface area contributed by atoms with Crippen molar-refractivity contribution < 1.29 is 25.8 Å². The van der Waals surface area contributed by atoms with Crippen molar-refractivity contribution in [1.82, 2.24) is 4.57 Å². The van der Waals surface area contributed by atoms with Crippen LogP contribution < -0.4 is 0 Å². The van der Waals surface area contributed by atoms with Crippen molar-refractivity contribution in [3.05, 3.63) is 79.0 Å². The van der Waals surface area contributed by atoms with E-state index < -0.39 is 0 Å². The second-order valence-electron chi connectivity index (χ2n) is 4.96. The summed E-state index contributed by atoms with van der Waals surface area (Å²) in [4.78, 5) is 0. The average molecular weight is 462 g/mol. The van der Waals surface area contributed by atoms with E-state index in [4.69, 9.17) is 4.74 Å². The Labute approximate surface area is 146 Å². The number of nitrogens with zero attached hydrogens (tertiary/aromatic N) is 1. The molecular formula is C19H20NOW-. The van der Waals surface area contributed by atoms with Gasteiger partial charge in [0.05, 0.1) is 6.61 Å². The summed E-state index contributed by atoms with van der Waals surface area (Å²) in [5.74, 6) is 0. The van der Waals surface area contributed by atoms with Crippen LogP contribution in [0.25, 0.3) is 10.9 Å². The molecule has 2 nitrogen and oxygen atoms in total. The number of aromatic nitrogens is 1. The number of para-hydroxylation sites is 1. The third kappa shape index (κ3) is 3.14. The third-order valence-corrected chi connectivity index (χ3v) is 3.70. The van der Waals surface area contributed by atoms with E-state index in [1.165, 1.54) is 16.5 Å². The number of rotatable bonds is 3. The molecule has 114 valence electrons. The molecule has 2 aromatic carbocycles. The van der Waals surface area contributed by atoms with Gasteiger partial charge in [-0.15, -0.1) is 12.3 Å². The summed E-state index contributed by atoms with van der Waals surface area (Å²) in [7, 11) is 0. The van der Waals surface area contributed by atoms with Crippen LogP contribution in [0.5, 0.6) is 0 Å². The first-order valence-electron chi connectivity index (χ1n) is 7.49. The molecule has 22 heavy (non-hydrogen) atoms. The van der Waals surface area contributed by atoms with Gasteiger partial charge in [0.25, 0.3) is 0 Å². The van der Waals surface area contributed by atoms with Gasteiger partial charge in [-0.05, 0) is 5.56 Å². The van der Waals surface area contributed by atoms with E-state index >= 15 is 0 Å². The molecule has 0 N–H and O–H groups in total. The second-order valence-corrected chi connectivity index (χ2v) is 4.96. The molecule has 1 unspecified atom stereocenters. The first kappa shape index (κ1) is 16.9. The van der Waals surface area contributed by atoms with Crippen LogP contribution in [0.4, 0.5) is 0 Å². The maximum absolute atomic E-state index is 5.73. The Morgan fingerprint density at radius 3 is 2.27 bits per heavy atom. The molecule has 2 heterocycles. The van der Waals surface area contributed by atoms with E-state index in [2.05, 4.69) is 71.9 Å². The van der Waals surface area contributed by atoms with Gasteiger partial charge in [-0.25, -0.2) is 0 Å². The van der Waals surface area contributed by atoms with E-state index in [-0.39, 0.29) is 26.7 Å². The van der Waals surface area contributed by atoms with Crippen LogP contribution in [0.2, 0.25) is 0 Å². The first-order valence-corrected chi connectivity index (χ1v) is 7.49. The second kappa shape index (κ2) is 7.17. The Kier molecular flexibility index (Phi) is 5.50. The Balaban J connectivity index is 0.000000566. The normalized spacial score (nSPS) is 18.8. The minimum Gasteiger partial charge on any atom is -0.482 e. The Morgan fingerprint density at radius 1 is 0.955 bits per heavy atom. The summed E-state index contributed by atoms with van der Waals surface area (Å²) in [6.07, 6.45) is 2.09. The molecular weight excluding hydrogens is 442 g/mol. The molecule has 1 atom stereocenters. The predicted molar refractivity (Wildman–Crippen MR) is 87.1 cm³/mol. The van der Waals surface area contributed by atoms with Crippen molar-refractivity contribution in [1.29, 1.82) is 0 Å². The van der Waals surface area contributed by atoms with Crippen molar-refractivity contribution in [2.24, 2.45) is 0 Å². The molecule has 4 rings (SSSR count). The van der Waals surface area contributed by atoms with E-state index in [0.29, 0.717) is 0 Å². The van der Waals surface area contributed by atoms with Crippen LogP contribution in [-0.4, -0.2) is 11.2 Å². The molecule has 1 aliphatic heterocycles. The zero-order valence-electron chi connectivity index (χ0n) is 12.9. The average Bonchev–Trinajstić information content (AvgIpc) is 3.25. The molecule has 0 aliphatic carbocycles. The van der Waals surface area contributed by atoms with Gasteiger partial charge in [0.1, 0.15) is 5.60 Å².